The molecule has 0 N–H and O–H groups in total. The molecule has 3 rings (SSSR count). The summed E-state index contributed by atoms with van der Waals surface area (Å²) >= 11 is 0. The van der Waals surface area contributed by atoms with Crippen LogP contribution in [0.15, 0.2) is 36.4 Å². The van der Waals surface area contributed by atoms with Gasteiger partial charge in [0.2, 0.25) is 6.41 Å². The predicted octanol–water partition coefficient (Wildman–Crippen LogP) is 3.91. The molecule has 3 atom stereocenters. The summed E-state index contributed by atoms with van der Waals surface area (Å²) in [4.78, 5) is 12.8. The monoisotopic (exact) mass is 345 g/mol. The zero-order valence-corrected chi connectivity index (χ0v) is 15.7. The lowest BCUT2D eigenvalue weighted by atomic mass is 9.89. The molecule has 2 heterocycles. The molecule has 0 radical (unpaired) electrons. The summed E-state index contributed by atoms with van der Waals surface area (Å²) in [6.45, 7) is 12.5. The minimum absolute atomic E-state index is 0.0625. The first-order valence-electron chi connectivity index (χ1n) is 9.24. The normalized spacial score (nSPS) is 25.4. The van der Waals surface area contributed by atoms with Crippen LogP contribution >= 0.6 is 0 Å². The van der Waals surface area contributed by atoms with Crippen LogP contribution in [-0.2, 0) is 20.7 Å². The summed E-state index contributed by atoms with van der Waals surface area (Å²) in [6, 6.07) is 8.35. The predicted molar refractivity (Wildman–Crippen MR) is 101 cm³/mol. The van der Waals surface area contributed by atoms with Crippen molar-refractivity contribution in [2.45, 2.75) is 58.3 Å². The van der Waals surface area contributed by atoms with E-state index >= 15 is 0 Å². The zero-order valence-electron chi connectivity index (χ0n) is 15.7. The van der Waals surface area contributed by atoms with Crippen LogP contribution < -0.4 is 0 Å². The molecule has 2 aliphatic heterocycles. The number of nitrogens with zero attached hydrogens (tertiary/aromatic N) is 1. The van der Waals surface area contributed by atoms with Gasteiger partial charge in [-0.2, -0.15) is 0 Å². The second-order valence-electron chi connectivity index (χ2n) is 6.84. The number of hydrogen-bond donors (Lipinski definition) is 0. The molecule has 25 heavy (non-hydrogen) atoms. The van der Waals surface area contributed by atoms with Crippen LogP contribution in [0.3, 0.4) is 0 Å². The molecule has 4 heteroatoms. The van der Waals surface area contributed by atoms with Crippen molar-refractivity contribution in [3.05, 3.63) is 47.5 Å². The topological polar surface area (TPSA) is 38.8 Å². The number of fused-ring (bicyclic) bond motifs is 1. The SMILES string of the molecule is C=C(C)[C@H]1c2ccccc2CCN1C=O.CCOC1CC[C@H](C)OC1. The summed E-state index contributed by atoms with van der Waals surface area (Å²) in [5.41, 5.74) is 3.58. The van der Waals surface area contributed by atoms with Crippen LogP contribution in [0.25, 0.3) is 0 Å². The van der Waals surface area contributed by atoms with Gasteiger partial charge in [-0.3, -0.25) is 4.79 Å². The van der Waals surface area contributed by atoms with Crippen molar-refractivity contribution in [2.24, 2.45) is 0 Å². The average Bonchev–Trinajstić information content (AvgIpc) is 2.63. The van der Waals surface area contributed by atoms with E-state index in [9.17, 15) is 4.79 Å². The molecule has 0 bridgehead atoms. The Hall–Kier alpha value is -1.65. The maximum absolute atomic E-state index is 11.0. The Morgan fingerprint density at radius 2 is 2.16 bits per heavy atom. The molecule has 0 saturated carbocycles. The van der Waals surface area contributed by atoms with Gasteiger partial charge in [0.05, 0.1) is 24.9 Å². The molecule has 2 aliphatic rings. The molecule has 1 unspecified atom stereocenters. The lowest BCUT2D eigenvalue weighted by Crippen LogP contribution is -2.34. The van der Waals surface area contributed by atoms with E-state index in [-0.39, 0.29) is 6.04 Å². The highest BCUT2D eigenvalue weighted by Crippen LogP contribution is 2.32. The Bertz CT molecular complexity index is 564. The Morgan fingerprint density at radius 3 is 2.76 bits per heavy atom. The fourth-order valence-corrected chi connectivity index (χ4v) is 3.47. The van der Waals surface area contributed by atoms with Crippen molar-refractivity contribution in [2.75, 3.05) is 19.8 Å². The van der Waals surface area contributed by atoms with E-state index in [1.165, 1.54) is 11.1 Å². The van der Waals surface area contributed by atoms with E-state index in [2.05, 4.69) is 25.6 Å². The molecule has 0 spiro atoms. The molecule has 1 aromatic rings. The molecule has 138 valence electrons. The second-order valence-corrected chi connectivity index (χ2v) is 6.84. The van der Waals surface area contributed by atoms with Crippen molar-refractivity contribution in [1.82, 2.24) is 4.90 Å². The van der Waals surface area contributed by atoms with Gasteiger partial charge in [0, 0.05) is 13.2 Å². The highest BCUT2D eigenvalue weighted by Gasteiger charge is 2.26. The lowest BCUT2D eigenvalue weighted by Gasteiger charge is -2.35. The molecule has 1 fully saturated rings. The zero-order chi connectivity index (χ0) is 18.2. The highest BCUT2D eigenvalue weighted by molar-refractivity contribution is 5.53. The molecule has 1 amide bonds. The van der Waals surface area contributed by atoms with E-state index in [1.54, 1.807) is 0 Å². The number of carbonyl (C=O) groups excluding carboxylic acids is 1. The largest absolute Gasteiger partial charge is 0.376 e. The van der Waals surface area contributed by atoms with Crippen molar-refractivity contribution >= 4 is 6.41 Å². The van der Waals surface area contributed by atoms with Crippen LogP contribution in [-0.4, -0.2) is 43.3 Å². The first-order chi connectivity index (χ1) is 12.1. The molecule has 0 aliphatic carbocycles. The van der Waals surface area contributed by atoms with E-state index in [1.807, 2.05) is 30.9 Å². The van der Waals surface area contributed by atoms with Crippen molar-refractivity contribution in [1.29, 1.82) is 0 Å². The fourth-order valence-electron chi connectivity index (χ4n) is 3.47. The van der Waals surface area contributed by atoms with Crippen LogP contribution in [0.4, 0.5) is 0 Å². The van der Waals surface area contributed by atoms with Crippen LogP contribution in [0.1, 0.15) is 50.8 Å². The van der Waals surface area contributed by atoms with Gasteiger partial charge in [0.25, 0.3) is 0 Å². The Kier molecular flexibility index (Phi) is 7.66. The maximum Gasteiger partial charge on any atom is 0.210 e. The first kappa shape index (κ1) is 19.7. The summed E-state index contributed by atoms with van der Waals surface area (Å²) in [7, 11) is 0. The number of amides is 1. The van der Waals surface area contributed by atoms with E-state index in [0.29, 0.717) is 12.2 Å². The van der Waals surface area contributed by atoms with E-state index in [0.717, 1.165) is 51.0 Å². The van der Waals surface area contributed by atoms with E-state index < -0.39 is 0 Å². The molecule has 1 aromatic carbocycles. The molecular weight excluding hydrogens is 314 g/mol. The standard InChI is InChI=1S/C13H15NO.C8H16O2/c1-10(2)13-12-6-4-3-5-11(12)7-8-14(13)9-15;1-3-9-8-5-4-7(2)10-6-8/h3-6,9,13H,1,7-8H2,2H3;7-8H,3-6H2,1-2H3/t13-;7-,8?/m00/s1. The summed E-state index contributed by atoms with van der Waals surface area (Å²) in [5, 5.41) is 0. The molecular formula is C21H31NO3. The summed E-state index contributed by atoms with van der Waals surface area (Å²) in [6.07, 6.45) is 4.98. The quantitative estimate of drug-likeness (QED) is 0.613. The van der Waals surface area contributed by atoms with Gasteiger partial charge in [0.1, 0.15) is 0 Å². The summed E-state index contributed by atoms with van der Waals surface area (Å²) in [5.74, 6) is 0. The first-order valence-corrected chi connectivity index (χ1v) is 9.24. The number of ether oxygens (including phenoxy) is 2. The van der Waals surface area contributed by atoms with Crippen LogP contribution in [0.5, 0.6) is 0 Å². The number of benzene rings is 1. The van der Waals surface area contributed by atoms with Crippen molar-refractivity contribution < 1.29 is 14.3 Å². The Balaban J connectivity index is 0.000000196. The number of rotatable bonds is 4. The van der Waals surface area contributed by atoms with Crippen LogP contribution in [0.2, 0.25) is 0 Å². The van der Waals surface area contributed by atoms with Gasteiger partial charge in [0.15, 0.2) is 0 Å². The lowest BCUT2D eigenvalue weighted by molar-refractivity contribution is -0.120. The Morgan fingerprint density at radius 1 is 1.40 bits per heavy atom. The van der Waals surface area contributed by atoms with Crippen LogP contribution in [0, 0.1) is 0 Å². The molecule has 4 nitrogen and oxygen atoms in total. The molecule has 0 aromatic heterocycles. The van der Waals surface area contributed by atoms with Gasteiger partial charge in [-0.15, -0.1) is 0 Å². The average molecular weight is 345 g/mol. The van der Waals surface area contributed by atoms with Gasteiger partial charge in [-0.1, -0.05) is 36.4 Å². The third-order valence-corrected chi connectivity index (χ3v) is 4.79. The third-order valence-electron chi connectivity index (χ3n) is 4.79. The Labute approximate surface area is 151 Å². The maximum atomic E-state index is 11.0. The minimum Gasteiger partial charge on any atom is -0.376 e. The number of carbonyl (C=O) groups is 1. The van der Waals surface area contributed by atoms with Crippen molar-refractivity contribution in [3.8, 4) is 0 Å². The third kappa shape index (κ3) is 5.41. The van der Waals surface area contributed by atoms with E-state index in [4.69, 9.17) is 9.47 Å². The minimum atomic E-state index is 0.0625. The smallest absolute Gasteiger partial charge is 0.210 e. The van der Waals surface area contributed by atoms with Gasteiger partial charge in [-0.05, 0) is 51.2 Å². The molecule has 1 saturated heterocycles. The van der Waals surface area contributed by atoms with Crippen molar-refractivity contribution in [3.63, 3.8) is 0 Å². The highest BCUT2D eigenvalue weighted by atomic mass is 16.5. The van der Waals surface area contributed by atoms with Gasteiger partial charge < -0.3 is 14.4 Å². The van der Waals surface area contributed by atoms with Gasteiger partial charge in [-0.25, -0.2) is 0 Å². The summed E-state index contributed by atoms with van der Waals surface area (Å²) < 4.78 is 10.8. The van der Waals surface area contributed by atoms with Gasteiger partial charge >= 0.3 is 0 Å². The number of hydrogen-bond acceptors (Lipinski definition) is 3. The second kappa shape index (κ2) is 9.73. The fraction of sp³-hybridized carbons (Fsp3) is 0.571.